The number of nitrogens with zero attached hydrogens (tertiary/aromatic N) is 2. The molecule has 2 rings (SSSR count). The summed E-state index contributed by atoms with van der Waals surface area (Å²) >= 11 is 6.22. The Morgan fingerprint density at radius 3 is 2.63 bits per heavy atom. The normalized spacial score (nSPS) is 12.2. The highest BCUT2D eigenvalue weighted by Crippen LogP contribution is 2.28. The van der Waals surface area contributed by atoms with Gasteiger partial charge >= 0.3 is 0 Å². The van der Waals surface area contributed by atoms with Gasteiger partial charge in [-0.3, -0.25) is 0 Å². The number of aliphatic hydroxyl groups is 1. The summed E-state index contributed by atoms with van der Waals surface area (Å²) in [6, 6.07) is 13.5. The van der Waals surface area contributed by atoms with Crippen molar-refractivity contribution >= 4 is 17.4 Å². The van der Waals surface area contributed by atoms with Crippen LogP contribution in [0.4, 0.5) is 5.82 Å². The Balaban J connectivity index is 2.28. The number of aliphatic hydroxyl groups excluding tert-OH is 1. The Bertz CT molecular complexity index is 559. The van der Waals surface area contributed by atoms with Crippen molar-refractivity contribution in [2.24, 2.45) is 0 Å². The molecule has 1 heterocycles. The molecule has 1 atom stereocenters. The lowest BCUT2D eigenvalue weighted by atomic mass is 10.1. The molecule has 0 radical (unpaired) electrons. The monoisotopic (exact) mass is 276 g/mol. The van der Waals surface area contributed by atoms with Gasteiger partial charge in [0.25, 0.3) is 0 Å². The molecule has 0 saturated carbocycles. The molecule has 0 aliphatic heterocycles. The highest BCUT2D eigenvalue weighted by molar-refractivity contribution is 6.31. The summed E-state index contributed by atoms with van der Waals surface area (Å²) in [5, 5.41) is 9.89. The standard InChI is InChI=1S/C15H17ClN2O/c1-11(13-7-3-4-8-14(13)16)18(2)15-9-5-6-12(10-19)17-15/h3-9,11,19H,10H2,1-2H3. The van der Waals surface area contributed by atoms with E-state index in [2.05, 4.69) is 11.9 Å². The lowest BCUT2D eigenvalue weighted by Crippen LogP contribution is -2.23. The van der Waals surface area contributed by atoms with Crippen molar-refractivity contribution in [3.63, 3.8) is 0 Å². The van der Waals surface area contributed by atoms with E-state index in [9.17, 15) is 0 Å². The van der Waals surface area contributed by atoms with Crippen LogP contribution in [0.3, 0.4) is 0 Å². The first-order valence-electron chi connectivity index (χ1n) is 6.17. The maximum Gasteiger partial charge on any atom is 0.129 e. The largest absolute Gasteiger partial charge is 0.390 e. The molecule has 0 aliphatic rings. The van der Waals surface area contributed by atoms with E-state index in [1.165, 1.54) is 0 Å². The van der Waals surface area contributed by atoms with E-state index in [1.807, 2.05) is 48.3 Å². The lowest BCUT2D eigenvalue weighted by Gasteiger charge is -2.27. The average Bonchev–Trinajstić information content (AvgIpc) is 2.46. The summed E-state index contributed by atoms with van der Waals surface area (Å²) in [7, 11) is 1.97. The van der Waals surface area contributed by atoms with Gasteiger partial charge in [0.15, 0.2) is 0 Å². The number of anilines is 1. The summed E-state index contributed by atoms with van der Waals surface area (Å²) in [5.41, 5.74) is 1.72. The first-order valence-corrected chi connectivity index (χ1v) is 6.55. The SMILES string of the molecule is CC(c1ccccc1Cl)N(C)c1cccc(CO)n1. The Kier molecular flexibility index (Phi) is 4.40. The zero-order chi connectivity index (χ0) is 13.8. The van der Waals surface area contributed by atoms with Gasteiger partial charge in [0.05, 0.1) is 18.3 Å². The van der Waals surface area contributed by atoms with Gasteiger partial charge in [0, 0.05) is 12.1 Å². The molecule has 0 aliphatic carbocycles. The molecule has 19 heavy (non-hydrogen) atoms. The summed E-state index contributed by atoms with van der Waals surface area (Å²) in [5.74, 6) is 0.818. The van der Waals surface area contributed by atoms with Crippen LogP contribution < -0.4 is 4.90 Å². The van der Waals surface area contributed by atoms with Crippen LogP contribution in [0, 0.1) is 0 Å². The molecule has 1 aromatic heterocycles. The second-order valence-electron chi connectivity index (χ2n) is 4.45. The summed E-state index contributed by atoms with van der Waals surface area (Å²) in [6.45, 7) is 2.02. The third-order valence-electron chi connectivity index (χ3n) is 3.25. The second kappa shape index (κ2) is 6.04. The lowest BCUT2D eigenvalue weighted by molar-refractivity contribution is 0.277. The van der Waals surface area contributed by atoms with E-state index in [4.69, 9.17) is 16.7 Å². The average molecular weight is 277 g/mol. The zero-order valence-corrected chi connectivity index (χ0v) is 11.8. The topological polar surface area (TPSA) is 36.4 Å². The molecule has 0 amide bonds. The molecule has 0 spiro atoms. The third kappa shape index (κ3) is 3.06. The highest BCUT2D eigenvalue weighted by Gasteiger charge is 2.15. The van der Waals surface area contributed by atoms with Gasteiger partial charge in [-0.05, 0) is 30.7 Å². The molecule has 0 saturated heterocycles. The number of hydrogen-bond acceptors (Lipinski definition) is 3. The molecule has 100 valence electrons. The Hall–Kier alpha value is -1.58. The Morgan fingerprint density at radius 2 is 1.95 bits per heavy atom. The van der Waals surface area contributed by atoms with Crippen molar-refractivity contribution < 1.29 is 5.11 Å². The smallest absolute Gasteiger partial charge is 0.129 e. The molecule has 2 aromatic rings. The maximum atomic E-state index is 9.14. The van der Waals surface area contributed by atoms with Crippen molar-refractivity contribution in [3.05, 3.63) is 58.7 Å². The molecule has 3 nitrogen and oxygen atoms in total. The molecule has 4 heteroatoms. The first-order chi connectivity index (χ1) is 9.13. The molecule has 1 unspecified atom stereocenters. The zero-order valence-electron chi connectivity index (χ0n) is 11.0. The first kappa shape index (κ1) is 13.8. The molecule has 1 aromatic carbocycles. The molecule has 0 fully saturated rings. The van der Waals surface area contributed by atoms with Crippen LogP contribution in [0.25, 0.3) is 0 Å². The van der Waals surface area contributed by atoms with Crippen molar-refractivity contribution in [1.82, 2.24) is 4.98 Å². The molecule has 1 N–H and O–H groups in total. The summed E-state index contributed by atoms with van der Waals surface area (Å²) in [4.78, 5) is 6.44. The van der Waals surface area contributed by atoms with Gasteiger partial charge in [0.1, 0.15) is 5.82 Å². The number of halogens is 1. The highest BCUT2D eigenvalue weighted by atomic mass is 35.5. The van der Waals surface area contributed by atoms with Crippen LogP contribution in [0.15, 0.2) is 42.5 Å². The number of rotatable bonds is 4. The van der Waals surface area contributed by atoms with Crippen LogP contribution in [-0.4, -0.2) is 17.1 Å². The maximum absolute atomic E-state index is 9.14. The van der Waals surface area contributed by atoms with Crippen molar-refractivity contribution in [1.29, 1.82) is 0 Å². The van der Waals surface area contributed by atoms with E-state index in [0.29, 0.717) is 5.69 Å². The van der Waals surface area contributed by atoms with Gasteiger partial charge in [-0.25, -0.2) is 4.98 Å². The third-order valence-corrected chi connectivity index (χ3v) is 3.60. The Labute approximate surface area is 118 Å². The fraction of sp³-hybridized carbons (Fsp3) is 0.267. The number of hydrogen-bond donors (Lipinski definition) is 1. The van der Waals surface area contributed by atoms with E-state index < -0.39 is 0 Å². The molecular weight excluding hydrogens is 260 g/mol. The predicted molar refractivity (Wildman–Crippen MR) is 78.4 cm³/mol. The van der Waals surface area contributed by atoms with Gasteiger partial charge < -0.3 is 10.0 Å². The number of aromatic nitrogens is 1. The molecular formula is C15H17ClN2O. The van der Waals surface area contributed by atoms with E-state index in [-0.39, 0.29) is 12.6 Å². The number of pyridine rings is 1. The van der Waals surface area contributed by atoms with Gasteiger partial charge in [-0.2, -0.15) is 0 Å². The minimum Gasteiger partial charge on any atom is -0.390 e. The minimum absolute atomic E-state index is 0.0534. The van der Waals surface area contributed by atoms with Crippen molar-refractivity contribution in [3.8, 4) is 0 Å². The summed E-state index contributed by atoms with van der Waals surface area (Å²) < 4.78 is 0. The van der Waals surface area contributed by atoms with E-state index in [0.717, 1.165) is 16.4 Å². The van der Waals surface area contributed by atoms with Gasteiger partial charge in [-0.15, -0.1) is 0 Å². The molecule has 0 bridgehead atoms. The Morgan fingerprint density at radius 1 is 1.21 bits per heavy atom. The predicted octanol–water partition coefficient (Wildman–Crippen LogP) is 3.42. The van der Waals surface area contributed by atoms with Crippen LogP contribution >= 0.6 is 11.6 Å². The van der Waals surface area contributed by atoms with E-state index >= 15 is 0 Å². The van der Waals surface area contributed by atoms with Crippen LogP contribution in [0.1, 0.15) is 24.2 Å². The van der Waals surface area contributed by atoms with Gasteiger partial charge in [-0.1, -0.05) is 35.9 Å². The number of benzene rings is 1. The fourth-order valence-corrected chi connectivity index (χ4v) is 2.27. The van der Waals surface area contributed by atoms with Gasteiger partial charge in [0.2, 0.25) is 0 Å². The second-order valence-corrected chi connectivity index (χ2v) is 4.86. The quantitative estimate of drug-likeness (QED) is 0.929. The van der Waals surface area contributed by atoms with Crippen LogP contribution in [0.5, 0.6) is 0 Å². The van der Waals surface area contributed by atoms with Crippen molar-refractivity contribution in [2.45, 2.75) is 19.6 Å². The minimum atomic E-state index is -0.0534. The van der Waals surface area contributed by atoms with E-state index in [1.54, 1.807) is 6.07 Å². The fourth-order valence-electron chi connectivity index (χ4n) is 1.97. The van der Waals surface area contributed by atoms with Crippen molar-refractivity contribution in [2.75, 3.05) is 11.9 Å². The summed E-state index contributed by atoms with van der Waals surface area (Å²) in [6.07, 6.45) is 0. The van der Waals surface area contributed by atoms with Crippen LogP contribution in [0.2, 0.25) is 5.02 Å². The van der Waals surface area contributed by atoms with Crippen LogP contribution in [-0.2, 0) is 6.61 Å².